The molecule has 3 aromatic rings. The first-order valence-corrected chi connectivity index (χ1v) is 21.0. The second kappa shape index (κ2) is 13.3. The molecule has 50 heavy (non-hydrogen) atoms. The van der Waals surface area contributed by atoms with Crippen molar-refractivity contribution in [2.24, 2.45) is 4.99 Å². The molecule has 10 nitrogen and oxygen atoms in total. The van der Waals surface area contributed by atoms with Gasteiger partial charge in [0.15, 0.2) is 0 Å². The summed E-state index contributed by atoms with van der Waals surface area (Å²) in [4.78, 5) is 5.57. The fourth-order valence-corrected chi connectivity index (χ4v) is 10.7. The topological polar surface area (TPSA) is 131 Å². The monoisotopic (exact) mass is 732 g/mol. The highest BCUT2D eigenvalue weighted by Crippen LogP contribution is 2.49. The fraction of sp³-hybridized carbons (Fsp3) is 0.459. The van der Waals surface area contributed by atoms with Crippen molar-refractivity contribution >= 4 is 48.8 Å². The van der Waals surface area contributed by atoms with E-state index in [1.165, 1.54) is 34.3 Å². The second-order valence-electron chi connectivity index (χ2n) is 13.9. The van der Waals surface area contributed by atoms with E-state index in [0.29, 0.717) is 24.1 Å². The molecule has 0 radical (unpaired) electrons. The molecule has 0 saturated carbocycles. The molecule has 1 N–H and O–H groups in total. The van der Waals surface area contributed by atoms with Gasteiger partial charge in [0.05, 0.1) is 20.5 Å². The number of aliphatic imine (C=N–C) groups is 1. The van der Waals surface area contributed by atoms with Crippen LogP contribution in [-0.2, 0) is 45.8 Å². The van der Waals surface area contributed by atoms with Crippen LogP contribution in [0.15, 0.2) is 45.1 Å². The summed E-state index contributed by atoms with van der Waals surface area (Å²) in [6, 6.07) is 8.12. The Kier molecular flexibility index (Phi) is 8.94. The van der Waals surface area contributed by atoms with Gasteiger partial charge in [-0.1, -0.05) is 12.5 Å². The van der Waals surface area contributed by atoms with E-state index < -0.39 is 25.0 Å². The number of nitrogens with zero attached hydrogens (tertiary/aromatic N) is 3. The zero-order valence-electron chi connectivity index (χ0n) is 27.9. The molecule has 0 spiro atoms. The van der Waals surface area contributed by atoms with Gasteiger partial charge >= 0.3 is 0 Å². The molecule has 0 unspecified atom stereocenters. The Bertz CT molecular complexity index is 2330. The van der Waals surface area contributed by atoms with Crippen LogP contribution in [0.25, 0.3) is 5.57 Å². The molecule has 0 amide bonds. The van der Waals surface area contributed by atoms with E-state index in [9.17, 15) is 21.4 Å². The van der Waals surface area contributed by atoms with E-state index in [0.717, 1.165) is 130 Å². The number of sulfonamides is 1. The van der Waals surface area contributed by atoms with Gasteiger partial charge < -0.3 is 14.2 Å². The van der Waals surface area contributed by atoms with Crippen LogP contribution >= 0.6 is 12.2 Å². The molecule has 262 valence electrons. The Morgan fingerprint density at radius 1 is 0.880 bits per heavy atom. The van der Waals surface area contributed by atoms with Gasteiger partial charge in [-0.25, -0.2) is 31.1 Å². The summed E-state index contributed by atoms with van der Waals surface area (Å²) in [7, 11) is -9.22. The normalized spacial score (nSPS) is 17.6. The van der Waals surface area contributed by atoms with Gasteiger partial charge in [0.1, 0.15) is 34.7 Å². The summed E-state index contributed by atoms with van der Waals surface area (Å²) in [6.45, 7) is 4.66. The Hall–Kier alpha value is -3.45. The molecule has 0 fully saturated rings. The third kappa shape index (κ3) is 5.91. The summed E-state index contributed by atoms with van der Waals surface area (Å²) in [5.41, 5.74) is 7.88. The molecule has 13 heteroatoms. The van der Waals surface area contributed by atoms with Crippen molar-refractivity contribution in [1.82, 2.24) is 9.30 Å². The van der Waals surface area contributed by atoms with Crippen molar-refractivity contribution in [1.29, 1.82) is 0 Å². The lowest BCUT2D eigenvalue weighted by Gasteiger charge is -2.39. The van der Waals surface area contributed by atoms with E-state index in [1.54, 1.807) is 0 Å². The maximum atomic E-state index is 14.2. The highest BCUT2D eigenvalue weighted by atomic mass is 32.2. The predicted octanol–water partition coefficient (Wildman–Crippen LogP) is 3.58. The van der Waals surface area contributed by atoms with Crippen molar-refractivity contribution in [2.75, 3.05) is 44.2 Å². The Balaban J connectivity index is 1.38. The van der Waals surface area contributed by atoms with Gasteiger partial charge in [-0.2, -0.15) is 0 Å². The molecule has 3 aromatic carbocycles. The number of ether oxygens (including phenoxy) is 1. The first-order valence-electron chi connectivity index (χ1n) is 17.7. The third-order valence-corrected chi connectivity index (χ3v) is 13.3. The van der Waals surface area contributed by atoms with Crippen LogP contribution < -0.4 is 29.5 Å². The Morgan fingerprint density at radius 2 is 1.64 bits per heavy atom. The molecule has 0 aliphatic carbocycles. The zero-order valence-corrected chi connectivity index (χ0v) is 30.4. The van der Waals surface area contributed by atoms with Crippen molar-refractivity contribution in [3.8, 4) is 11.5 Å². The lowest BCUT2D eigenvalue weighted by Crippen LogP contribution is -2.45. The maximum absolute atomic E-state index is 14.2. The first-order chi connectivity index (χ1) is 24.2. The summed E-state index contributed by atoms with van der Waals surface area (Å²) >= 11 is 4.62. The maximum Gasteiger partial charge on any atom is 0.241 e. The van der Waals surface area contributed by atoms with Crippen LogP contribution in [0.2, 0.25) is 0 Å². The van der Waals surface area contributed by atoms with E-state index in [-0.39, 0.29) is 11.4 Å². The molecule has 0 bridgehead atoms. The average Bonchev–Trinajstić information content (AvgIpc) is 3.10. The zero-order chi connectivity index (χ0) is 34.6. The van der Waals surface area contributed by atoms with Crippen LogP contribution in [0.4, 0.5) is 5.69 Å². The number of thiocarbonyl (C=S) groups is 1. The number of hydrogen-bond acceptors (Lipinski definition) is 9. The number of nitrogens with one attached hydrogen (secondary N) is 1. The minimum Gasteiger partial charge on any atom is -0.744 e. The number of isothiocyanates is 1. The molecule has 0 atom stereocenters. The second-order valence-corrected chi connectivity index (χ2v) is 17.2. The molecular weight excluding hydrogens is 693 g/mol. The van der Waals surface area contributed by atoms with Gasteiger partial charge in [0, 0.05) is 77.8 Å². The molecule has 0 saturated heterocycles. The quantitative estimate of drug-likeness (QED) is 0.0862. The SMILES string of the molecule is O=S(=O)([O-])c1ccc(C2=c3cc4c5c(c3Oc3c2cc2c6c3CCCN6CCC2)CCC[N+]=5CCC4)c(S(=O)(=O)NCCCCCN=C=S)c1. The number of aryl methyl sites for hydroxylation is 2. The van der Waals surface area contributed by atoms with Crippen molar-refractivity contribution in [2.45, 2.75) is 80.4 Å². The van der Waals surface area contributed by atoms with Gasteiger partial charge in [0.2, 0.25) is 15.4 Å². The average molecular weight is 733 g/mol. The van der Waals surface area contributed by atoms with Gasteiger partial charge in [0.25, 0.3) is 0 Å². The lowest BCUT2D eigenvalue weighted by molar-refractivity contribution is 0.431. The number of rotatable bonds is 10. The summed E-state index contributed by atoms with van der Waals surface area (Å²) in [5, 5.41) is 4.40. The summed E-state index contributed by atoms with van der Waals surface area (Å²) in [5.74, 6) is 1.52. The van der Waals surface area contributed by atoms with Crippen molar-refractivity contribution < 1.29 is 26.1 Å². The molecule has 5 aliphatic rings. The first kappa shape index (κ1) is 33.7. The highest BCUT2D eigenvalue weighted by molar-refractivity contribution is 7.89. The predicted molar refractivity (Wildman–Crippen MR) is 194 cm³/mol. The van der Waals surface area contributed by atoms with Crippen molar-refractivity contribution in [3.05, 3.63) is 74.3 Å². The number of unbranched alkanes of at least 4 members (excludes halogenated alkanes) is 2. The Morgan fingerprint density at radius 3 is 2.44 bits per heavy atom. The van der Waals surface area contributed by atoms with E-state index in [1.807, 2.05) is 0 Å². The highest BCUT2D eigenvalue weighted by Gasteiger charge is 2.37. The van der Waals surface area contributed by atoms with Crippen LogP contribution in [-0.4, -0.2) is 65.8 Å². The third-order valence-electron chi connectivity index (χ3n) is 10.8. The van der Waals surface area contributed by atoms with Gasteiger partial charge in [-0.15, -0.1) is 0 Å². The van der Waals surface area contributed by atoms with Gasteiger partial charge in [-0.3, -0.25) is 0 Å². The minimum absolute atomic E-state index is 0.143. The van der Waals surface area contributed by atoms with Crippen LogP contribution in [0.3, 0.4) is 0 Å². The lowest BCUT2D eigenvalue weighted by atomic mass is 9.82. The molecule has 8 rings (SSSR count). The standard InChI is InChI=1S/C37H40N4O6S3/c42-49(43,39-15-3-1-2-14-38-23-48)32-22-26(50(44,45)46)12-13-27(32)33-30-20-24-8-4-16-40-18-6-10-28(34(24)40)36(30)47-37-29-11-7-19-41-17-5-9-25(35(29)41)21-31(33)37/h12-13,20-22,39H,1-11,14-19H2. The molecule has 5 aliphatic heterocycles. The van der Waals surface area contributed by atoms with E-state index >= 15 is 0 Å². The van der Waals surface area contributed by atoms with Crippen molar-refractivity contribution in [3.63, 3.8) is 0 Å². The number of anilines is 1. The van der Waals surface area contributed by atoms with Crippen LogP contribution in [0.1, 0.15) is 78.3 Å². The van der Waals surface area contributed by atoms with Crippen LogP contribution in [0, 0.1) is 0 Å². The number of benzene rings is 3. The molecule has 0 aromatic heterocycles. The van der Waals surface area contributed by atoms with Gasteiger partial charge in [-0.05, 0) is 93.4 Å². The fourth-order valence-electron chi connectivity index (χ4n) is 8.71. The largest absolute Gasteiger partial charge is 0.744 e. The summed E-state index contributed by atoms with van der Waals surface area (Å²) in [6.07, 6.45) is 9.59. The number of hydrogen-bond donors (Lipinski definition) is 1. The smallest absolute Gasteiger partial charge is 0.241 e. The molecule has 5 heterocycles. The summed E-state index contributed by atoms with van der Waals surface area (Å²) < 4.78 is 77.7. The van der Waals surface area contributed by atoms with Crippen LogP contribution in [0.5, 0.6) is 11.5 Å². The number of fused-ring (bicyclic) bond motifs is 4. The van der Waals surface area contributed by atoms with E-state index in [2.05, 4.69) is 48.7 Å². The minimum atomic E-state index is -4.95. The molecular formula is C37H40N4O6S3. The Labute approximate surface area is 298 Å². The van der Waals surface area contributed by atoms with E-state index in [4.69, 9.17) is 4.74 Å².